The molecular weight excluding hydrogens is 590 g/mol. The van der Waals surface area contributed by atoms with E-state index in [1.807, 2.05) is 54.4 Å². The van der Waals surface area contributed by atoms with Crippen molar-refractivity contribution < 1.29 is 28.7 Å². The van der Waals surface area contributed by atoms with Gasteiger partial charge in [-0.15, -0.1) is 0 Å². The molecule has 0 bridgehead atoms. The van der Waals surface area contributed by atoms with E-state index in [2.05, 4.69) is 10.3 Å². The highest BCUT2D eigenvalue weighted by Crippen LogP contribution is 2.39. The number of piperidine rings is 1. The number of hydrogen-bond acceptors (Lipinski definition) is 9. The van der Waals surface area contributed by atoms with Crippen LogP contribution in [0.4, 0.5) is 5.69 Å². The number of nitrogens with one attached hydrogen (secondary N) is 1. The Bertz CT molecular complexity index is 1540. The number of hydrogen-bond donors (Lipinski definition) is 2. The van der Waals surface area contributed by atoms with Crippen LogP contribution in [0.25, 0.3) is 0 Å². The number of aryl methyl sites for hydroxylation is 1. The average Bonchev–Trinajstić information content (AvgIpc) is 3.60. The number of rotatable bonds is 11. The molecule has 3 aromatic rings. The molecule has 3 heterocycles. The van der Waals surface area contributed by atoms with Gasteiger partial charge in [0.05, 0.1) is 33.3 Å². The zero-order valence-corrected chi connectivity index (χ0v) is 26.4. The summed E-state index contributed by atoms with van der Waals surface area (Å²) < 4.78 is 11.9. The molecule has 2 saturated heterocycles. The molecule has 2 aliphatic rings. The molecule has 46 heavy (non-hydrogen) atoms. The van der Waals surface area contributed by atoms with Gasteiger partial charge in [0.1, 0.15) is 23.9 Å². The van der Waals surface area contributed by atoms with Crippen LogP contribution in [0.5, 0.6) is 5.75 Å². The van der Waals surface area contributed by atoms with E-state index >= 15 is 0 Å². The van der Waals surface area contributed by atoms with Gasteiger partial charge in [0.2, 0.25) is 11.8 Å². The van der Waals surface area contributed by atoms with E-state index in [4.69, 9.17) is 15.2 Å². The fraction of sp³-hybridized carbons (Fsp3) is 0.424. The van der Waals surface area contributed by atoms with Crippen molar-refractivity contribution in [3.63, 3.8) is 0 Å². The maximum absolute atomic E-state index is 14.1. The molecule has 1 spiro atoms. The maximum atomic E-state index is 14.1. The normalized spacial score (nSPS) is 17.1. The van der Waals surface area contributed by atoms with Crippen molar-refractivity contribution in [2.24, 2.45) is 12.8 Å². The summed E-state index contributed by atoms with van der Waals surface area (Å²) >= 11 is 0. The lowest BCUT2D eigenvalue weighted by Gasteiger charge is -2.44. The molecule has 2 atom stereocenters. The largest absolute Gasteiger partial charge is 0.497 e. The van der Waals surface area contributed by atoms with Crippen LogP contribution in [0.2, 0.25) is 0 Å². The SMILES string of the molecule is COC(=O)CN1CN(c2ccccc2)C2(CCN(C(=O)C(Cc3ccc(OC)cc3)NC(=O)C(N)Cc3cncn3C)CC2)C1=O. The third kappa shape index (κ3) is 6.84. The van der Waals surface area contributed by atoms with Crippen LogP contribution in [0.1, 0.15) is 24.1 Å². The lowest BCUT2D eigenvalue weighted by molar-refractivity contribution is -0.147. The summed E-state index contributed by atoms with van der Waals surface area (Å²) in [5, 5.41) is 2.91. The van der Waals surface area contributed by atoms with E-state index in [-0.39, 0.29) is 51.0 Å². The standard InChI is InChI=1S/C33H41N7O6/c1-37-21-35-19-25(37)18-27(34)30(42)36-28(17-23-9-11-26(45-2)12-10-23)31(43)38-15-13-33(14-16-38)32(44)39(20-29(41)46-3)22-40(33)24-7-5-4-6-8-24/h4-12,19,21,27-28H,13-18,20,22,34H2,1-3H3,(H,36,42). The molecule has 2 fully saturated rings. The van der Waals surface area contributed by atoms with Crippen molar-refractivity contribution in [3.8, 4) is 5.75 Å². The predicted molar refractivity (Wildman–Crippen MR) is 170 cm³/mol. The summed E-state index contributed by atoms with van der Waals surface area (Å²) in [6.45, 7) is 0.654. The summed E-state index contributed by atoms with van der Waals surface area (Å²) in [7, 11) is 4.70. The number of para-hydroxylation sites is 1. The summed E-state index contributed by atoms with van der Waals surface area (Å²) in [5.41, 5.74) is 7.85. The first-order chi connectivity index (χ1) is 22.1. The quantitative estimate of drug-likeness (QED) is 0.294. The number of likely N-dealkylation sites (tertiary alicyclic amines) is 1. The van der Waals surface area contributed by atoms with Gasteiger partial charge in [0, 0.05) is 50.6 Å². The molecule has 13 nitrogen and oxygen atoms in total. The molecule has 244 valence electrons. The lowest BCUT2D eigenvalue weighted by atomic mass is 9.85. The van der Waals surface area contributed by atoms with Gasteiger partial charge in [0.25, 0.3) is 5.91 Å². The monoisotopic (exact) mass is 631 g/mol. The van der Waals surface area contributed by atoms with Gasteiger partial charge in [-0.1, -0.05) is 30.3 Å². The number of benzene rings is 2. The highest BCUT2D eigenvalue weighted by molar-refractivity contribution is 5.96. The molecule has 0 saturated carbocycles. The number of nitrogens with zero attached hydrogens (tertiary/aromatic N) is 5. The molecule has 3 N–H and O–H groups in total. The zero-order chi connectivity index (χ0) is 32.8. The van der Waals surface area contributed by atoms with E-state index in [0.717, 1.165) is 16.9 Å². The summed E-state index contributed by atoms with van der Waals surface area (Å²) in [6.07, 6.45) is 4.52. The van der Waals surface area contributed by atoms with Crippen molar-refractivity contribution in [2.75, 3.05) is 45.4 Å². The minimum atomic E-state index is -0.924. The molecule has 2 unspecified atom stereocenters. The van der Waals surface area contributed by atoms with Gasteiger partial charge in [0.15, 0.2) is 0 Å². The van der Waals surface area contributed by atoms with Crippen LogP contribution in [0.15, 0.2) is 67.1 Å². The van der Waals surface area contributed by atoms with Crippen LogP contribution in [0, 0.1) is 0 Å². The van der Waals surface area contributed by atoms with Gasteiger partial charge in [-0.3, -0.25) is 19.2 Å². The molecule has 3 amide bonds. The lowest BCUT2D eigenvalue weighted by Crippen LogP contribution is -2.60. The van der Waals surface area contributed by atoms with E-state index in [1.54, 1.807) is 41.2 Å². The number of anilines is 1. The van der Waals surface area contributed by atoms with Crippen molar-refractivity contribution in [1.82, 2.24) is 24.7 Å². The van der Waals surface area contributed by atoms with E-state index in [1.165, 1.54) is 12.0 Å². The number of amides is 3. The smallest absolute Gasteiger partial charge is 0.325 e. The number of esters is 1. The Morgan fingerprint density at radius 3 is 2.33 bits per heavy atom. The van der Waals surface area contributed by atoms with E-state index in [0.29, 0.717) is 18.6 Å². The van der Waals surface area contributed by atoms with Crippen LogP contribution >= 0.6 is 0 Å². The summed E-state index contributed by atoms with van der Waals surface area (Å²) in [4.78, 5) is 62.7. The van der Waals surface area contributed by atoms with E-state index < -0.39 is 29.5 Å². The topological polar surface area (TPSA) is 152 Å². The number of aromatic nitrogens is 2. The second-order valence-electron chi connectivity index (χ2n) is 11.8. The minimum absolute atomic E-state index is 0.155. The van der Waals surface area contributed by atoms with Crippen LogP contribution in [-0.4, -0.2) is 101 Å². The molecule has 5 rings (SSSR count). The van der Waals surface area contributed by atoms with Gasteiger partial charge < -0.3 is 39.8 Å². The Balaban J connectivity index is 1.34. The summed E-state index contributed by atoms with van der Waals surface area (Å²) in [6, 6.07) is 15.1. The Hall–Kier alpha value is -4.91. The number of ether oxygens (including phenoxy) is 2. The highest BCUT2D eigenvalue weighted by Gasteiger charge is 2.54. The van der Waals surface area contributed by atoms with Crippen molar-refractivity contribution in [1.29, 1.82) is 0 Å². The third-order valence-corrected chi connectivity index (χ3v) is 8.93. The fourth-order valence-corrected chi connectivity index (χ4v) is 6.24. The summed E-state index contributed by atoms with van der Waals surface area (Å²) in [5.74, 6) is -0.681. The first-order valence-electron chi connectivity index (χ1n) is 15.3. The molecule has 0 radical (unpaired) electrons. The van der Waals surface area contributed by atoms with Gasteiger partial charge in [-0.2, -0.15) is 0 Å². The Labute approximate surface area is 268 Å². The number of carbonyl (C=O) groups is 4. The van der Waals surface area contributed by atoms with Crippen molar-refractivity contribution >= 4 is 29.4 Å². The number of carbonyl (C=O) groups excluding carboxylic acids is 4. The molecule has 0 aliphatic carbocycles. The second-order valence-corrected chi connectivity index (χ2v) is 11.8. The number of methoxy groups -OCH3 is 2. The first-order valence-corrected chi connectivity index (χ1v) is 15.3. The molecule has 1 aromatic heterocycles. The second kappa shape index (κ2) is 14.0. The third-order valence-electron chi connectivity index (χ3n) is 8.93. The van der Waals surface area contributed by atoms with Gasteiger partial charge in [-0.05, 0) is 42.7 Å². The fourth-order valence-electron chi connectivity index (χ4n) is 6.24. The molecular formula is C33H41N7O6. The van der Waals surface area contributed by atoms with Crippen molar-refractivity contribution in [3.05, 3.63) is 78.4 Å². The van der Waals surface area contributed by atoms with E-state index in [9.17, 15) is 19.2 Å². The van der Waals surface area contributed by atoms with Crippen LogP contribution < -0.4 is 20.7 Å². The van der Waals surface area contributed by atoms with Gasteiger partial charge in [-0.25, -0.2) is 4.98 Å². The first kappa shape index (κ1) is 32.5. The molecule has 2 aliphatic heterocycles. The van der Waals surface area contributed by atoms with Crippen LogP contribution in [0.3, 0.4) is 0 Å². The molecule has 13 heteroatoms. The highest BCUT2D eigenvalue weighted by atomic mass is 16.5. The van der Waals surface area contributed by atoms with Gasteiger partial charge >= 0.3 is 5.97 Å². The number of imidazole rings is 1. The van der Waals surface area contributed by atoms with Crippen LogP contribution in [-0.2, 0) is 43.8 Å². The zero-order valence-electron chi connectivity index (χ0n) is 26.4. The maximum Gasteiger partial charge on any atom is 0.325 e. The molecule has 2 aromatic carbocycles. The number of nitrogens with two attached hydrogens (primary N) is 1. The Morgan fingerprint density at radius 2 is 1.72 bits per heavy atom. The minimum Gasteiger partial charge on any atom is -0.497 e. The Morgan fingerprint density at radius 1 is 1.02 bits per heavy atom. The predicted octanol–water partition coefficient (Wildman–Crippen LogP) is 0.867. The average molecular weight is 632 g/mol. The van der Waals surface area contributed by atoms with Crippen molar-refractivity contribution in [2.45, 2.75) is 43.3 Å². The Kier molecular flexibility index (Phi) is 9.90.